The summed E-state index contributed by atoms with van der Waals surface area (Å²) in [6.07, 6.45) is -4.72. The van der Waals surface area contributed by atoms with Crippen LogP contribution in [0.15, 0.2) is 11.0 Å². The minimum atomic E-state index is -1.42. The zero-order valence-electron chi connectivity index (χ0n) is 9.97. The molecular weight excluding hydrogens is 275 g/mol. The Kier molecular flexibility index (Phi) is 3.01. The Balaban J connectivity index is 2.06. The molecule has 0 aromatic carbocycles. The number of imidazole rings is 1. The normalized spacial score (nSPS) is 30.2. The van der Waals surface area contributed by atoms with Gasteiger partial charge in [0.05, 0.1) is 6.61 Å². The Hall–Kier alpha value is -1.88. The molecule has 108 valence electrons. The predicted molar refractivity (Wildman–Crippen MR) is 61.1 cm³/mol. The maximum atomic E-state index is 12.9. The molecule has 0 aliphatic carbocycles. The van der Waals surface area contributed by atoms with Crippen molar-refractivity contribution in [2.45, 2.75) is 24.5 Å². The number of H-pyrrole nitrogens is 1. The zero-order chi connectivity index (χ0) is 14.4. The number of nitrogens with zero attached hydrogens (tertiary/aromatic N) is 3. The van der Waals surface area contributed by atoms with Crippen molar-refractivity contribution in [1.29, 1.82) is 0 Å². The molecule has 4 N–H and O–H groups in total. The summed E-state index contributed by atoms with van der Waals surface area (Å²) in [5, 5.41) is 28.5. The van der Waals surface area contributed by atoms with Gasteiger partial charge in [-0.2, -0.15) is 14.4 Å². The van der Waals surface area contributed by atoms with E-state index in [-0.39, 0.29) is 11.2 Å². The molecule has 3 heterocycles. The van der Waals surface area contributed by atoms with Gasteiger partial charge in [-0.3, -0.25) is 4.57 Å². The lowest BCUT2D eigenvalue weighted by molar-refractivity contribution is -0.0547. The van der Waals surface area contributed by atoms with E-state index in [9.17, 15) is 19.4 Å². The Morgan fingerprint density at radius 2 is 2.15 bits per heavy atom. The molecule has 3 rings (SSSR count). The molecule has 0 saturated carbocycles. The van der Waals surface area contributed by atoms with Crippen molar-refractivity contribution in [1.82, 2.24) is 19.5 Å². The van der Waals surface area contributed by atoms with Crippen molar-refractivity contribution < 1.29 is 24.4 Å². The van der Waals surface area contributed by atoms with Crippen molar-refractivity contribution in [3.63, 3.8) is 0 Å². The molecule has 20 heavy (non-hydrogen) atoms. The largest absolute Gasteiger partial charge is 0.394 e. The van der Waals surface area contributed by atoms with E-state index in [1.165, 1.54) is 6.20 Å². The first-order valence-electron chi connectivity index (χ1n) is 5.78. The Morgan fingerprint density at radius 3 is 2.80 bits per heavy atom. The number of aromatic nitrogens is 4. The van der Waals surface area contributed by atoms with Crippen LogP contribution in [0.2, 0.25) is 0 Å². The number of ether oxygens (including phenoxy) is 1. The lowest BCUT2D eigenvalue weighted by atomic mass is 10.1. The van der Waals surface area contributed by atoms with Gasteiger partial charge < -0.3 is 25.0 Å². The number of halogens is 1. The minimum Gasteiger partial charge on any atom is -0.394 e. The molecule has 1 unspecified atom stereocenters. The molecule has 0 bridgehead atoms. The molecule has 9 nitrogen and oxygen atoms in total. The van der Waals surface area contributed by atoms with Gasteiger partial charge in [0.2, 0.25) is 0 Å². The summed E-state index contributed by atoms with van der Waals surface area (Å²) in [5.41, 5.74) is -0.783. The van der Waals surface area contributed by atoms with Gasteiger partial charge in [-0.1, -0.05) is 0 Å². The van der Waals surface area contributed by atoms with E-state index < -0.39 is 42.9 Å². The third-order valence-corrected chi connectivity index (χ3v) is 3.16. The van der Waals surface area contributed by atoms with Crippen LogP contribution in [-0.2, 0) is 4.74 Å². The number of aliphatic hydroxyl groups is 3. The zero-order valence-corrected chi connectivity index (χ0v) is 9.97. The first kappa shape index (κ1) is 13.1. The molecule has 0 radical (unpaired) electrons. The number of fused-ring (bicyclic) bond motifs is 1. The van der Waals surface area contributed by atoms with Crippen LogP contribution in [0.3, 0.4) is 0 Å². The van der Waals surface area contributed by atoms with Crippen LogP contribution in [0.4, 0.5) is 4.39 Å². The van der Waals surface area contributed by atoms with Gasteiger partial charge in [0.1, 0.15) is 23.8 Å². The van der Waals surface area contributed by atoms with Crippen LogP contribution in [0.5, 0.6) is 0 Å². The van der Waals surface area contributed by atoms with Gasteiger partial charge in [0, 0.05) is 6.20 Å². The van der Waals surface area contributed by atoms with Crippen molar-refractivity contribution in [2.75, 3.05) is 6.61 Å². The Bertz CT molecular complexity index is 701. The number of rotatable bonds is 2. The molecule has 4 atom stereocenters. The van der Waals surface area contributed by atoms with E-state index in [2.05, 4.69) is 15.0 Å². The van der Waals surface area contributed by atoms with Crippen molar-refractivity contribution in [3.8, 4) is 0 Å². The Morgan fingerprint density at radius 1 is 1.40 bits per heavy atom. The second-order valence-electron chi connectivity index (χ2n) is 4.42. The van der Waals surface area contributed by atoms with Crippen LogP contribution in [-0.4, -0.2) is 59.8 Å². The molecule has 1 fully saturated rings. The van der Waals surface area contributed by atoms with E-state index >= 15 is 0 Å². The summed E-state index contributed by atoms with van der Waals surface area (Å²) >= 11 is 0. The van der Waals surface area contributed by atoms with E-state index in [1.807, 2.05) is 0 Å². The summed E-state index contributed by atoms with van der Waals surface area (Å²) in [6.45, 7) is -0.516. The van der Waals surface area contributed by atoms with Crippen LogP contribution in [0, 0.1) is 6.08 Å². The molecule has 1 aliphatic rings. The first-order chi connectivity index (χ1) is 9.51. The van der Waals surface area contributed by atoms with Crippen molar-refractivity contribution in [2.24, 2.45) is 0 Å². The lowest BCUT2D eigenvalue weighted by Gasteiger charge is -2.16. The molecule has 0 spiro atoms. The van der Waals surface area contributed by atoms with E-state index in [0.717, 1.165) is 4.57 Å². The summed E-state index contributed by atoms with van der Waals surface area (Å²) in [5.74, 6) is 0. The lowest BCUT2D eigenvalue weighted by Crippen LogP contribution is -2.35. The third-order valence-electron chi connectivity index (χ3n) is 3.16. The monoisotopic (exact) mass is 286 g/mol. The SMILES string of the molecule is O=c1nc2nc(F)[nH]c2cn1[C@@H]1O[C@H](CO)C(O)[C@@H]1O. The summed E-state index contributed by atoms with van der Waals surface area (Å²) in [4.78, 5) is 21.0. The van der Waals surface area contributed by atoms with Gasteiger partial charge in [0.15, 0.2) is 11.9 Å². The number of aromatic amines is 1. The topological polar surface area (TPSA) is 133 Å². The third kappa shape index (κ3) is 1.89. The van der Waals surface area contributed by atoms with E-state index in [4.69, 9.17) is 9.84 Å². The number of nitrogens with one attached hydrogen (secondary N) is 1. The van der Waals surface area contributed by atoms with Gasteiger partial charge in [-0.05, 0) is 0 Å². The predicted octanol–water partition coefficient (Wildman–Crippen LogP) is -2.13. The maximum absolute atomic E-state index is 12.9. The average molecular weight is 286 g/mol. The van der Waals surface area contributed by atoms with Gasteiger partial charge >= 0.3 is 5.69 Å². The van der Waals surface area contributed by atoms with Crippen LogP contribution in [0.25, 0.3) is 11.2 Å². The van der Waals surface area contributed by atoms with Gasteiger partial charge in [0.25, 0.3) is 6.08 Å². The minimum absolute atomic E-state index is 0.101. The standard InChI is InChI=1S/C10H11FN4O5/c11-9-12-3-1-15(10(19)14-7(3)13-9)8-6(18)5(17)4(2-16)20-8/h1,4-6,8,16-18H,2H2,(H,12,13,14,19)/t4-,5?,6+,8-/m1/s1. The van der Waals surface area contributed by atoms with Crippen LogP contribution >= 0.6 is 0 Å². The quantitative estimate of drug-likeness (QED) is 0.463. The Labute approximate surface area is 110 Å². The summed E-state index contributed by atoms with van der Waals surface area (Å²) < 4.78 is 19.1. The first-order valence-corrected chi connectivity index (χ1v) is 5.78. The smallest absolute Gasteiger partial charge is 0.351 e. The fourth-order valence-electron chi connectivity index (χ4n) is 2.16. The molecular formula is C10H11FN4O5. The highest BCUT2D eigenvalue weighted by Gasteiger charge is 2.43. The number of hydrogen-bond donors (Lipinski definition) is 4. The summed E-state index contributed by atoms with van der Waals surface area (Å²) in [7, 11) is 0. The second-order valence-corrected chi connectivity index (χ2v) is 4.42. The van der Waals surface area contributed by atoms with Crippen LogP contribution < -0.4 is 5.69 Å². The highest BCUT2D eigenvalue weighted by Crippen LogP contribution is 2.28. The van der Waals surface area contributed by atoms with Crippen molar-refractivity contribution in [3.05, 3.63) is 22.8 Å². The maximum Gasteiger partial charge on any atom is 0.351 e. The second kappa shape index (κ2) is 4.59. The van der Waals surface area contributed by atoms with Crippen molar-refractivity contribution >= 4 is 11.2 Å². The fraction of sp³-hybridized carbons (Fsp3) is 0.500. The van der Waals surface area contributed by atoms with Crippen LogP contribution in [0.1, 0.15) is 6.23 Å². The van der Waals surface area contributed by atoms with E-state index in [0.29, 0.717) is 0 Å². The number of aliphatic hydroxyl groups excluding tert-OH is 3. The summed E-state index contributed by atoms with van der Waals surface area (Å²) in [6, 6.07) is 0. The molecule has 0 amide bonds. The molecule has 1 saturated heterocycles. The number of hydrogen-bond acceptors (Lipinski definition) is 7. The molecule has 2 aromatic heterocycles. The molecule has 2 aromatic rings. The van der Waals surface area contributed by atoms with E-state index in [1.54, 1.807) is 0 Å². The molecule has 1 aliphatic heterocycles. The average Bonchev–Trinajstić information content (AvgIpc) is 2.89. The fourth-order valence-corrected chi connectivity index (χ4v) is 2.16. The highest BCUT2D eigenvalue weighted by atomic mass is 19.1. The highest BCUT2D eigenvalue weighted by molar-refractivity contribution is 5.68. The van der Waals surface area contributed by atoms with Gasteiger partial charge in [-0.25, -0.2) is 4.79 Å². The molecule has 10 heteroatoms. The van der Waals surface area contributed by atoms with Gasteiger partial charge in [-0.15, -0.1) is 0 Å².